The summed E-state index contributed by atoms with van der Waals surface area (Å²) in [6.45, 7) is 4.90. The molecule has 2 rings (SSSR count). The number of hydrogen-bond acceptors (Lipinski definition) is 4. The lowest BCUT2D eigenvalue weighted by molar-refractivity contribution is -0.120. The third kappa shape index (κ3) is 4.43. The summed E-state index contributed by atoms with van der Waals surface area (Å²) in [4.78, 5) is 17.3. The van der Waals surface area contributed by atoms with Crippen molar-refractivity contribution in [3.63, 3.8) is 0 Å². The summed E-state index contributed by atoms with van der Waals surface area (Å²) in [6, 6.07) is 9.98. The zero-order chi connectivity index (χ0) is 14.4. The Morgan fingerprint density at radius 1 is 1.35 bits per heavy atom. The molecule has 0 fully saturated rings. The van der Waals surface area contributed by atoms with Crippen LogP contribution in [0.2, 0.25) is 0 Å². The second kappa shape index (κ2) is 7.17. The monoisotopic (exact) mass is 289 g/mol. The number of hydrogen-bond donors (Lipinski definition) is 2. The van der Waals surface area contributed by atoms with Crippen LogP contribution >= 0.6 is 11.3 Å². The van der Waals surface area contributed by atoms with Crippen molar-refractivity contribution in [1.29, 1.82) is 0 Å². The molecule has 1 aromatic carbocycles. The van der Waals surface area contributed by atoms with Crippen molar-refractivity contribution in [2.45, 2.75) is 26.4 Å². The van der Waals surface area contributed by atoms with E-state index in [2.05, 4.69) is 15.6 Å². The first-order valence-electron chi connectivity index (χ1n) is 6.61. The molecule has 1 heterocycles. The van der Waals surface area contributed by atoms with E-state index in [4.69, 9.17) is 0 Å². The van der Waals surface area contributed by atoms with Crippen molar-refractivity contribution in [2.75, 3.05) is 6.54 Å². The lowest BCUT2D eigenvalue weighted by atomic mass is 10.2. The molecule has 0 radical (unpaired) electrons. The third-order valence-electron chi connectivity index (χ3n) is 2.91. The van der Waals surface area contributed by atoms with Gasteiger partial charge in [-0.2, -0.15) is 0 Å². The SMILES string of the molecule is Cc1cnc(C(C)NCC(=O)NCc2ccccc2)s1. The molecule has 2 N–H and O–H groups in total. The Labute approximate surface area is 123 Å². The van der Waals surface area contributed by atoms with E-state index < -0.39 is 0 Å². The Bertz CT molecular complexity index is 553. The van der Waals surface area contributed by atoms with E-state index in [-0.39, 0.29) is 11.9 Å². The quantitative estimate of drug-likeness (QED) is 0.858. The summed E-state index contributed by atoms with van der Waals surface area (Å²) < 4.78 is 0. The predicted molar refractivity (Wildman–Crippen MR) is 81.6 cm³/mol. The molecule has 0 saturated heterocycles. The lowest BCUT2D eigenvalue weighted by Crippen LogP contribution is -2.34. The Morgan fingerprint density at radius 2 is 2.10 bits per heavy atom. The Morgan fingerprint density at radius 3 is 2.75 bits per heavy atom. The van der Waals surface area contributed by atoms with Crippen LogP contribution in [-0.2, 0) is 11.3 Å². The van der Waals surface area contributed by atoms with Gasteiger partial charge in [-0.15, -0.1) is 11.3 Å². The van der Waals surface area contributed by atoms with Gasteiger partial charge >= 0.3 is 0 Å². The van der Waals surface area contributed by atoms with Gasteiger partial charge in [0.05, 0.1) is 12.6 Å². The molecule has 106 valence electrons. The van der Waals surface area contributed by atoms with Crippen LogP contribution in [0.15, 0.2) is 36.5 Å². The van der Waals surface area contributed by atoms with Gasteiger partial charge in [0.25, 0.3) is 0 Å². The number of nitrogens with zero attached hydrogens (tertiary/aromatic N) is 1. The predicted octanol–water partition coefficient (Wildman–Crippen LogP) is 2.42. The molecule has 2 aromatic rings. The van der Waals surface area contributed by atoms with Gasteiger partial charge in [-0.3, -0.25) is 10.1 Å². The van der Waals surface area contributed by atoms with E-state index in [0.717, 1.165) is 10.6 Å². The van der Waals surface area contributed by atoms with Crippen LogP contribution in [0.5, 0.6) is 0 Å². The van der Waals surface area contributed by atoms with Crippen molar-refractivity contribution in [1.82, 2.24) is 15.6 Å². The Balaban J connectivity index is 1.72. The van der Waals surface area contributed by atoms with Crippen LogP contribution in [0, 0.1) is 6.92 Å². The lowest BCUT2D eigenvalue weighted by Gasteiger charge is -2.11. The molecule has 1 atom stereocenters. The van der Waals surface area contributed by atoms with E-state index in [0.29, 0.717) is 13.1 Å². The molecule has 1 aromatic heterocycles. The summed E-state index contributed by atoms with van der Waals surface area (Å²) in [5.41, 5.74) is 1.10. The normalized spacial score (nSPS) is 12.1. The average Bonchev–Trinajstić information content (AvgIpc) is 2.90. The molecular formula is C15H19N3OS. The number of carbonyl (C=O) groups excluding carboxylic acids is 1. The van der Waals surface area contributed by atoms with E-state index in [9.17, 15) is 4.79 Å². The molecule has 1 unspecified atom stereocenters. The van der Waals surface area contributed by atoms with Gasteiger partial charge in [0.1, 0.15) is 5.01 Å². The van der Waals surface area contributed by atoms with Crippen LogP contribution in [0.25, 0.3) is 0 Å². The van der Waals surface area contributed by atoms with E-state index in [1.165, 1.54) is 4.88 Å². The van der Waals surface area contributed by atoms with E-state index >= 15 is 0 Å². The molecule has 0 bridgehead atoms. The van der Waals surface area contributed by atoms with Crippen LogP contribution in [0.3, 0.4) is 0 Å². The second-order valence-electron chi connectivity index (χ2n) is 4.67. The summed E-state index contributed by atoms with van der Waals surface area (Å²) in [6.07, 6.45) is 1.85. The minimum Gasteiger partial charge on any atom is -0.351 e. The largest absolute Gasteiger partial charge is 0.351 e. The number of rotatable bonds is 6. The fourth-order valence-corrected chi connectivity index (χ4v) is 2.57. The van der Waals surface area contributed by atoms with Gasteiger partial charge in [0, 0.05) is 17.6 Å². The number of benzene rings is 1. The maximum Gasteiger partial charge on any atom is 0.234 e. The Hall–Kier alpha value is -1.72. The summed E-state index contributed by atoms with van der Waals surface area (Å²) in [5, 5.41) is 7.09. The van der Waals surface area contributed by atoms with Crippen LogP contribution < -0.4 is 10.6 Å². The van der Waals surface area contributed by atoms with Crippen molar-refractivity contribution in [3.8, 4) is 0 Å². The number of carbonyl (C=O) groups is 1. The van der Waals surface area contributed by atoms with Crippen molar-refractivity contribution in [3.05, 3.63) is 52.0 Å². The first kappa shape index (κ1) is 14.7. The van der Waals surface area contributed by atoms with Crippen molar-refractivity contribution < 1.29 is 4.79 Å². The van der Waals surface area contributed by atoms with Crippen LogP contribution in [-0.4, -0.2) is 17.4 Å². The topological polar surface area (TPSA) is 54.0 Å². The standard InChI is InChI=1S/C15H19N3OS/c1-11-8-18-15(20-11)12(2)16-10-14(19)17-9-13-6-4-3-5-7-13/h3-8,12,16H,9-10H2,1-2H3,(H,17,19). The highest BCUT2D eigenvalue weighted by atomic mass is 32.1. The van der Waals surface area contributed by atoms with Gasteiger partial charge in [0.15, 0.2) is 0 Å². The van der Waals surface area contributed by atoms with Gasteiger partial charge in [-0.05, 0) is 19.4 Å². The van der Waals surface area contributed by atoms with Crippen LogP contribution in [0.4, 0.5) is 0 Å². The minimum atomic E-state index is -0.00557. The van der Waals surface area contributed by atoms with Gasteiger partial charge in [-0.1, -0.05) is 30.3 Å². The molecule has 0 aliphatic heterocycles. The van der Waals surface area contributed by atoms with E-state index in [1.807, 2.05) is 50.4 Å². The number of thiazole rings is 1. The molecule has 5 heteroatoms. The fraction of sp³-hybridized carbons (Fsp3) is 0.333. The summed E-state index contributed by atoms with van der Waals surface area (Å²) >= 11 is 1.65. The summed E-state index contributed by atoms with van der Waals surface area (Å²) in [5.74, 6) is -0.00557. The number of amides is 1. The number of nitrogens with one attached hydrogen (secondary N) is 2. The molecule has 20 heavy (non-hydrogen) atoms. The van der Waals surface area contributed by atoms with Crippen LogP contribution in [0.1, 0.15) is 28.4 Å². The summed E-state index contributed by atoms with van der Waals surface area (Å²) in [7, 11) is 0. The van der Waals surface area contributed by atoms with Crippen molar-refractivity contribution in [2.24, 2.45) is 0 Å². The van der Waals surface area contributed by atoms with Gasteiger partial charge in [-0.25, -0.2) is 4.98 Å². The zero-order valence-corrected chi connectivity index (χ0v) is 12.5. The highest BCUT2D eigenvalue weighted by molar-refractivity contribution is 7.11. The van der Waals surface area contributed by atoms with Crippen molar-refractivity contribution >= 4 is 17.2 Å². The third-order valence-corrected chi connectivity index (χ3v) is 4.01. The highest BCUT2D eigenvalue weighted by Crippen LogP contribution is 2.18. The zero-order valence-electron chi connectivity index (χ0n) is 11.7. The molecule has 0 aliphatic carbocycles. The number of aromatic nitrogens is 1. The minimum absolute atomic E-state index is 0.00557. The molecule has 0 aliphatic rings. The smallest absolute Gasteiger partial charge is 0.234 e. The molecule has 4 nitrogen and oxygen atoms in total. The Kier molecular flexibility index (Phi) is 5.26. The maximum atomic E-state index is 11.8. The van der Waals surface area contributed by atoms with E-state index in [1.54, 1.807) is 11.3 Å². The maximum absolute atomic E-state index is 11.8. The second-order valence-corrected chi connectivity index (χ2v) is 5.94. The average molecular weight is 289 g/mol. The number of aryl methyl sites for hydroxylation is 1. The highest BCUT2D eigenvalue weighted by Gasteiger charge is 2.10. The fourth-order valence-electron chi connectivity index (χ4n) is 1.76. The first-order chi connectivity index (χ1) is 9.65. The molecular weight excluding hydrogens is 270 g/mol. The molecule has 1 amide bonds. The van der Waals surface area contributed by atoms with Gasteiger partial charge < -0.3 is 5.32 Å². The molecule has 0 spiro atoms. The molecule has 0 saturated carbocycles. The first-order valence-corrected chi connectivity index (χ1v) is 7.43. The van der Waals surface area contributed by atoms with Gasteiger partial charge in [0.2, 0.25) is 5.91 Å².